The van der Waals surface area contributed by atoms with E-state index >= 15 is 0 Å². The highest BCUT2D eigenvalue weighted by Gasteiger charge is 2.41. The molecule has 0 radical (unpaired) electrons. The summed E-state index contributed by atoms with van der Waals surface area (Å²) in [5.74, 6) is -5.91. The number of rotatable bonds is 3. The lowest BCUT2D eigenvalue weighted by Crippen LogP contribution is -2.44. The van der Waals surface area contributed by atoms with Crippen molar-refractivity contribution in [1.82, 2.24) is 9.80 Å². The van der Waals surface area contributed by atoms with Crippen LogP contribution in [0.2, 0.25) is 0 Å². The van der Waals surface area contributed by atoms with Crippen molar-refractivity contribution < 1.29 is 28.2 Å². The summed E-state index contributed by atoms with van der Waals surface area (Å²) in [6.45, 7) is 5.58. The van der Waals surface area contributed by atoms with Crippen LogP contribution in [0.5, 0.6) is 0 Å². The molecule has 0 saturated carbocycles. The first-order valence-electron chi connectivity index (χ1n) is 6.83. The lowest BCUT2D eigenvalue weighted by Gasteiger charge is -2.27. The largest absolute Gasteiger partial charge is 0.477 e. The minimum Gasteiger partial charge on any atom is -0.477 e. The monoisotopic (exact) mass is 308 g/mol. The van der Waals surface area contributed by atoms with E-state index in [2.05, 4.69) is 0 Å². The van der Waals surface area contributed by atoms with Gasteiger partial charge in [-0.15, -0.1) is 0 Å². The predicted octanol–water partition coefficient (Wildman–Crippen LogP) is 1.65. The van der Waals surface area contributed by atoms with Crippen LogP contribution in [0.1, 0.15) is 27.2 Å². The van der Waals surface area contributed by atoms with E-state index in [1.165, 1.54) is 9.80 Å². The topological polar surface area (TPSA) is 70.1 Å². The van der Waals surface area contributed by atoms with Crippen LogP contribution in [0, 0.1) is 0 Å². The van der Waals surface area contributed by atoms with Gasteiger partial charge in [-0.05, 0) is 27.2 Å². The van der Waals surface area contributed by atoms with Crippen LogP contribution in [0.4, 0.5) is 13.6 Å². The average Bonchev–Trinajstić information content (AvgIpc) is 2.51. The SMILES string of the molecule is CC(C)(C)OC(=O)N1CCCN(CC(F)(F)C(=O)O)CC1. The van der Waals surface area contributed by atoms with Crippen LogP contribution in [-0.4, -0.2) is 71.2 Å². The summed E-state index contributed by atoms with van der Waals surface area (Å²) in [5, 5.41) is 8.45. The molecule has 0 spiro atoms. The average molecular weight is 308 g/mol. The summed E-state index contributed by atoms with van der Waals surface area (Å²) >= 11 is 0. The van der Waals surface area contributed by atoms with E-state index in [9.17, 15) is 18.4 Å². The maximum atomic E-state index is 13.2. The van der Waals surface area contributed by atoms with E-state index in [0.29, 0.717) is 19.5 Å². The number of carboxylic acids is 1. The van der Waals surface area contributed by atoms with Gasteiger partial charge in [-0.2, -0.15) is 8.78 Å². The molecule has 6 nitrogen and oxygen atoms in total. The summed E-state index contributed by atoms with van der Waals surface area (Å²) < 4.78 is 31.6. The molecule has 1 fully saturated rings. The molecule has 0 aliphatic carbocycles. The number of hydrogen-bond donors (Lipinski definition) is 1. The molecule has 21 heavy (non-hydrogen) atoms. The van der Waals surface area contributed by atoms with Gasteiger partial charge < -0.3 is 14.7 Å². The molecule has 8 heteroatoms. The van der Waals surface area contributed by atoms with Gasteiger partial charge in [0.05, 0.1) is 6.54 Å². The summed E-state index contributed by atoms with van der Waals surface area (Å²) in [6.07, 6.45) is 0.0175. The van der Waals surface area contributed by atoms with E-state index < -0.39 is 30.1 Å². The van der Waals surface area contributed by atoms with Gasteiger partial charge in [-0.25, -0.2) is 9.59 Å². The van der Waals surface area contributed by atoms with Crippen LogP contribution >= 0.6 is 0 Å². The van der Waals surface area contributed by atoms with Crippen molar-refractivity contribution in [2.24, 2.45) is 0 Å². The highest BCUT2D eigenvalue weighted by molar-refractivity contribution is 5.75. The van der Waals surface area contributed by atoms with Crippen LogP contribution in [-0.2, 0) is 9.53 Å². The number of carbonyl (C=O) groups excluding carboxylic acids is 1. The van der Waals surface area contributed by atoms with Crippen molar-refractivity contribution in [3.63, 3.8) is 0 Å². The van der Waals surface area contributed by atoms with Gasteiger partial charge in [-0.1, -0.05) is 0 Å². The molecule has 1 aliphatic rings. The third kappa shape index (κ3) is 5.82. The van der Waals surface area contributed by atoms with Gasteiger partial charge in [0.25, 0.3) is 0 Å². The van der Waals surface area contributed by atoms with Crippen molar-refractivity contribution in [3.05, 3.63) is 0 Å². The molecule has 0 atom stereocenters. The van der Waals surface area contributed by atoms with Gasteiger partial charge >= 0.3 is 18.0 Å². The molecule has 1 N–H and O–H groups in total. The fourth-order valence-electron chi connectivity index (χ4n) is 1.99. The minimum absolute atomic E-state index is 0.197. The Hall–Kier alpha value is -1.44. The highest BCUT2D eigenvalue weighted by Crippen LogP contribution is 2.17. The molecule has 122 valence electrons. The fraction of sp³-hybridized carbons (Fsp3) is 0.846. The van der Waals surface area contributed by atoms with Crippen LogP contribution < -0.4 is 0 Å². The van der Waals surface area contributed by atoms with Crippen LogP contribution in [0.3, 0.4) is 0 Å². The molecular weight excluding hydrogens is 286 g/mol. The van der Waals surface area contributed by atoms with Crippen molar-refractivity contribution >= 4 is 12.1 Å². The van der Waals surface area contributed by atoms with Crippen molar-refractivity contribution in [1.29, 1.82) is 0 Å². The maximum Gasteiger partial charge on any atom is 0.410 e. The Labute approximate surface area is 122 Å². The molecule has 0 unspecified atom stereocenters. The number of halogens is 2. The number of amides is 1. The summed E-state index contributed by atoms with van der Waals surface area (Å²) in [4.78, 5) is 25.2. The summed E-state index contributed by atoms with van der Waals surface area (Å²) in [6, 6.07) is 0. The first-order valence-corrected chi connectivity index (χ1v) is 6.83. The molecule has 1 saturated heterocycles. The Morgan fingerprint density at radius 1 is 1.14 bits per heavy atom. The van der Waals surface area contributed by atoms with Crippen molar-refractivity contribution in [3.8, 4) is 0 Å². The third-order valence-corrected chi connectivity index (χ3v) is 2.98. The molecular formula is C13H22F2N2O4. The molecule has 0 aromatic heterocycles. The number of aliphatic carboxylic acids is 1. The highest BCUT2D eigenvalue weighted by atomic mass is 19.3. The number of hydrogen-bond acceptors (Lipinski definition) is 4. The van der Waals surface area contributed by atoms with Crippen molar-refractivity contribution in [2.75, 3.05) is 32.7 Å². The molecule has 0 aromatic rings. The number of carboxylic acid groups (broad SMARTS) is 1. The second-order valence-electron chi connectivity index (χ2n) is 6.11. The quantitative estimate of drug-likeness (QED) is 0.858. The van der Waals surface area contributed by atoms with Gasteiger partial charge in [0.1, 0.15) is 5.60 Å². The zero-order chi connectivity index (χ0) is 16.3. The smallest absolute Gasteiger partial charge is 0.410 e. The third-order valence-electron chi connectivity index (χ3n) is 2.98. The van der Waals surface area contributed by atoms with E-state index in [1.807, 2.05) is 0 Å². The molecule has 0 aromatic carbocycles. The fourth-order valence-corrected chi connectivity index (χ4v) is 1.99. The first-order chi connectivity index (χ1) is 9.51. The zero-order valence-electron chi connectivity index (χ0n) is 12.6. The zero-order valence-corrected chi connectivity index (χ0v) is 12.6. The Morgan fingerprint density at radius 3 is 2.29 bits per heavy atom. The van der Waals surface area contributed by atoms with Gasteiger partial charge in [-0.3, -0.25) is 4.90 Å². The van der Waals surface area contributed by atoms with E-state index in [4.69, 9.17) is 9.84 Å². The predicted molar refractivity (Wildman–Crippen MR) is 71.4 cm³/mol. The molecule has 1 amide bonds. The van der Waals surface area contributed by atoms with Gasteiger partial charge in [0.2, 0.25) is 0 Å². The number of ether oxygens (including phenoxy) is 1. The Morgan fingerprint density at radius 2 is 1.76 bits per heavy atom. The summed E-state index contributed by atoms with van der Waals surface area (Å²) in [7, 11) is 0. The Kier molecular flexibility index (Phi) is 5.49. The van der Waals surface area contributed by atoms with Crippen molar-refractivity contribution in [2.45, 2.75) is 38.7 Å². The van der Waals surface area contributed by atoms with Gasteiger partial charge in [0.15, 0.2) is 0 Å². The van der Waals surface area contributed by atoms with Gasteiger partial charge in [0, 0.05) is 26.2 Å². The maximum absolute atomic E-state index is 13.2. The molecule has 1 heterocycles. The van der Waals surface area contributed by atoms with E-state index in [-0.39, 0.29) is 13.1 Å². The first kappa shape index (κ1) is 17.6. The lowest BCUT2D eigenvalue weighted by molar-refractivity contribution is -0.167. The van der Waals surface area contributed by atoms with Crippen LogP contribution in [0.15, 0.2) is 0 Å². The Bertz CT molecular complexity index is 396. The summed E-state index contributed by atoms with van der Waals surface area (Å²) in [5.41, 5.74) is -0.612. The number of carbonyl (C=O) groups is 2. The molecule has 1 aliphatic heterocycles. The van der Waals surface area contributed by atoms with E-state index in [1.54, 1.807) is 20.8 Å². The Balaban J connectivity index is 2.54. The van der Waals surface area contributed by atoms with Crippen LogP contribution in [0.25, 0.3) is 0 Å². The normalized spacial score (nSPS) is 18.2. The molecule has 1 rings (SSSR count). The molecule has 0 bridgehead atoms. The second-order valence-corrected chi connectivity index (χ2v) is 6.11. The lowest BCUT2D eigenvalue weighted by atomic mass is 10.2. The van der Waals surface area contributed by atoms with E-state index in [0.717, 1.165) is 0 Å². The second kappa shape index (κ2) is 6.55. The minimum atomic E-state index is -3.78. The number of alkyl halides is 2. The standard InChI is InChI=1S/C13H22F2N2O4/c1-12(2,3)21-11(20)17-6-4-5-16(7-8-17)9-13(14,15)10(18)19/h4-9H2,1-3H3,(H,18,19). The number of nitrogens with zero attached hydrogens (tertiary/aromatic N) is 2.